The van der Waals surface area contributed by atoms with Crippen molar-refractivity contribution in [3.8, 4) is 0 Å². The number of carbonyl (C=O) groups is 1. The van der Waals surface area contributed by atoms with Crippen molar-refractivity contribution in [2.75, 3.05) is 0 Å². The van der Waals surface area contributed by atoms with Gasteiger partial charge in [0.05, 0.1) is 12.7 Å². The van der Waals surface area contributed by atoms with Crippen LogP contribution < -0.4 is 11.5 Å². The Kier molecular flexibility index (Phi) is 3.20. The predicted molar refractivity (Wildman–Crippen MR) is 64.2 cm³/mol. The van der Waals surface area contributed by atoms with Gasteiger partial charge in [-0.2, -0.15) is 5.10 Å². The Balaban J connectivity index is 2.10. The highest BCUT2D eigenvalue weighted by molar-refractivity contribution is 5.92. The Morgan fingerprint density at radius 2 is 1.94 bits per heavy atom. The van der Waals surface area contributed by atoms with Crippen LogP contribution in [0.3, 0.4) is 0 Å². The Labute approximate surface area is 99.0 Å². The number of nitrogens with zero attached hydrogens (tertiary/aromatic N) is 2. The van der Waals surface area contributed by atoms with Gasteiger partial charge in [0.15, 0.2) is 0 Å². The van der Waals surface area contributed by atoms with Crippen molar-refractivity contribution in [3.63, 3.8) is 0 Å². The monoisotopic (exact) mass is 230 g/mol. The average molecular weight is 230 g/mol. The standard InChI is InChI=1S/C12H14N4O/c13-5-10-6-15-16(8-10)7-9-1-3-11(4-2-9)12(14)17/h1-4,6,8H,5,7,13H2,(H2,14,17). The molecule has 0 spiro atoms. The van der Waals surface area contributed by atoms with Crippen molar-refractivity contribution in [1.82, 2.24) is 9.78 Å². The number of amides is 1. The van der Waals surface area contributed by atoms with Gasteiger partial charge in [-0.05, 0) is 17.7 Å². The molecule has 0 atom stereocenters. The fraction of sp³-hybridized carbons (Fsp3) is 0.167. The minimum absolute atomic E-state index is 0.416. The third-order valence-corrected chi connectivity index (χ3v) is 2.51. The van der Waals surface area contributed by atoms with Crippen LogP contribution in [0.25, 0.3) is 0 Å². The van der Waals surface area contributed by atoms with Gasteiger partial charge < -0.3 is 11.5 Å². The van der Waals surface area contributed by atoms with Crippen LogP contribution >= 0.6 is 0 Å². The first-order valence-electron chi connectivity index (χ1n) is 5.29. The topological polar surface area (TPSA) is 86.9 Å². The van der Waals surface area contributed by atoms with Crippen molar-refractivity contribution in [1.29, 1.82) is 0 Å². The zero-order valence-corrected chi connectivity index (χ0v) is 9.34. The maximum atomic E-state index is 10.9. The number of carbonyl (C=O) groups excluding carboxylic acids is 1. The van der Waals surface area contributed by atoms with Gasteiger partial charge in [-0.3, -0.25) is 9.48 Å². The molecule has 0 saturated heterocycles. The normalized spacial score (nSPS) is 10.4. The van der Waals surface area contributed by atoms with E-state index in [1.807, 2.05) is 23.0 Å². The summed E-state index contributed by atoms with van der Waals surface area (Å²) in [5, 5.41) is 4.18. The lowest BCUT2D eigenvalue weighted by Crippen LogP contribution is -2.10. The van der Waals surface area contributed by atoms with E-state index in [1.54, 1.807) is 18.3 Å². The van der Waals surface area contributed by atoms with Crippen molar-refractivity contribution in [2.24, 2.45) is 11.5 Å². The molecule has 0 unspecified atom stereocenters. The minimum atomic E-state index is -0.416. The van der Waals surface area contributed by atoms with Crippen molar-refractivity contribution in [2.45, 2.75) is 13.1 Å². The molecule has 1 aromatic carbocycles. The first-order valence-corrected chi connectivity index (χ1v) is 5.29. The SMILES string of the molecule is NCc1cnn(Cc2ccc(C(N)=O)cc2)c1. The van der Waals surface area contributed by atoms with Gasteiger partial charge in [0.2, 0.25) is 5.91 Å². The van der Waals surface area contributed by atoms with E-state index in [0.29, 0.717) is 18.7 Å². The van der Waals surface area contributed by atoms with Crippen molar-refractivity contribution < 1.29 is 4.79 Å². The molecule has 0 aliphatic carbocycles. The Bertz CT molecular complexity index is 516. The van der Waals surface area contributed by atoms with Gasteiger partial charge in [-0.15, -0.1) is 0 Å². The molecule has 1 aromatic heterocycles. The molecule has 0 bridgehead atoms. The summed E-state index contributed by atoms with van der Waals surface area (Å²) in [6.45, 7) is 1.14. The summed E-state index contributed by atoms with van der Waals surface area (Å²) in [4.78, 5) is 10.9. The second-order valence-electron chi connectivity index (χ2n) is 3.81. The van der Waals surface area contributed by atoms with E-state index in [-0.39, 0.29) is 0 Å². The van der Waals surface area contributed by atoms with E-state index in [2.05, 4.69) is 5.10 Å². The maximum absolute atomic E-state index is 10.9. The number of aromatic nitrogens is 2. The molecular weight excluding hydrogens is 216 g/mol. The average Bonchev–Trinajstić information content (AvgIpc) is 2.77. The lowest BCUT2D eigenvalue weighted by Gasteiger charge is -2.02. The first kappa shape index (κ1) is 11.3. The summed E-state index contributed by atoms with van der Waals surface area (Å²) in [6.07, 6.45) is 3.65. The molecule has 1 heterocycles. The largest absolute Gasteiger partial charge is 0.366 e. The summed E-state index contributed by atoms with van der Waals surface area (Å²) < 4.78 is 1.81. The predicted octanol–water partition coefficient (Wildman–Crippen LogP) is 0.489. The highest BCUT2D eigenvalue weighted by Crippen LogP contribution is 2.06. The molecule has 0 saturated carbocycles. The van der Waals surface area contributed by atoms with Gasteiger partial charge in [-0.25, -0.2) is 0 Å². The van der Waals surface area contributed by atoms with E-state index in [9.17, 15) is 4.79 Å². The van der Waals surface area contributed by atoms with Gasteiger partial charge in [0.1, 0.15) is 0 Å². The molecule has 17 heavy (non-hydrogen) atoms. The van der Waals surface area contributed by atoms with Gasteiger partial charge in [0, 0.05) is 23.9 Å². The Morgan fingerprint density at radius 3 is 2.47 bits per heavy atom. The molecule has 0 aliphatic rings. The maximum Gasteiger partial charge on any atom is 0.248 e. The van der Waals surface area contributed by atoms with Gasteiger partial charge in [0.25, 0.3) is 0 Å². The fourth-order valence-electron chi connectivity index (χ4n) is 1.56. The number of primary amides is 1. The molecule has 4 N–H and O–H groups in total. The van der Waals surface area contributed by atoms with E-state index in [1.165, 1.54) is 0 Å². The van der Waals surface area contributed by atoms with Crippen LogP contribution in [-0.4, -0.2) is 15.7 Å². The lowest BCUT2D eigenvalue weighted by atomic mass is 10.1. The molecule has 0 radical (unpaired) electrons. The molecule has 88 valence electrons. The molecule has 5 heteroatoms. The minimum Gasteiger partial charge on any atom is -0.366 e. The van der Waals surface area contributed by atoms with Crippen LogP contribution in [0.2, 0.25) is 0 Å². The highest BCUT2D eigenvalue weighted by Gasteiger charge is 2.01. The molecule has 2 aromatic rings. The van der Waals surface area contributed by atoms with Crippen LogP contribution in [0.4, 0.5) is 0 Å². The fourth-order valence-corrected chi connectivity index (χ4v) is 1.56. The second-order valence-corrected chi connectivity index (χ2v) is 3.81. The number of hydrogen-bond acceptors (Lipinski definition) is 3. The third kappa shape index (κ3) is 2.70. The highest BCUT2D eigenvalue weighted by atomic mass is 16.1. The lowest BCUT2D eigenvalue weighted by molar-refractivity contribution is 0.100. The van der Waals surface area contributed by atoms with E-state index < -0.39 is 5.91 Å². The zero-order chi connectivity index (χ0) is 12.3. The van der Waals surface area contributed by atoms with E-state index in [4.69, 9.17) is 11.5 Å². The van der Waals surface area contributed by atoms with Crippen LogP contribution in [0, 0.1) is 0 Å². The van der Waals surface area contributed by atoms with Crippen molar-refractivity contribution in [3.05, 3.63) is 53.3 Å². The Morgan fingerprint density at radius 1 is 1.24 bits per heavy atom. The molecule has 5 nitrogen and oxygen atoms in total. The number of hydrogen-bond donors (Lipinski definition) is 2. The molecular formula is C12H14N4O. The number of nitrogens with two attached hydrogens (primary N) is 2. The summed E-state index contributed by atoms with van der Waals surface area (Å²) in [5.41, 5.74) is 13.2. The first-order chi connectivity index (χ1) is 8.19. The third-order valence-electron chi connectivity index (χ3n) is 2.51. The smallest absolute Gasteiger partial charge is 0.248 e. The quantitative estimate of drug-likeness (QED) is 0.801. The van der Waals surface area contributed by atoms with Gasteiger partial charge >= 0.3 is 0 Å². The number of benzene rings is 1. The molecule has 0 aliphatic heterocycles. The summed E-state index contributed by atoms with van der Waals surface area (Å²) in [6, 6.07) is 7.16. The Hall–Kier alpha value is -2.14. The second kappa shape index (κ2) is 4.80. The van der Waals surface area contributed by atoms with Crippen LogP contribution in [0.5, 0.6) is 0 Å². The molecule has 1 amide bonds. The zero-order valence-electron chi connectivity index (χ0n) is 9.34. The summed E-state index contributed by atoms with van der Waals surface area (Å²) >= 11 is 0. The van der Waals surface area contributed by atoms with E-state index in [0.717, 1.165) is 11.1 Å². The molecule has 0 fully saturated rings. The van der Waals surface area contributed by atoms with Crippen LogP contribution in [0.15, 0.2) is 36.7 Å². The van der Waals surface area contributed by atoms with Crippen LogP contribution in [0.1, 0.15) is 21.5 Å². The van der Waals surface area contributed by atoms with Crippen molar-refractivity contribution >= 4 is 5.91 Å². The van der Waals surface area contributed by atoms with Crippen LogP contribution in [-0.2, 0) is 13.1 Å². The summed E-state index contributed by atoms with van der Waals surface area (Å²) in [5.74, 6) is -0.416. The number of rotatable bonds is 4. The summed E-state index contributed by atoms with van der Waals surface area (Å²) in [7, 11) is 0. The van der Waals surface area contributed by atoms with Gasteiger partial charge in [-0.1, -0.05) is 12.1 Å². The molecule has 2 rings (SSSR count). The van der Waals surface area contributed by atoms with E-state index >= 15 is 0 Å².